The Labute approximate surface area is 144 Å². The minimum Gasteiger partial charge on any atom is -0.481 e. The first-order chi connectivity index (χ1) is 12.2. The molecule has 7 heteroatoms. The number of benzene rings is 1. The molecule has 7 nitrogen and oxygen atoms in total. The Morgan fingerprint density at radius 1 is 1.32 bits per heavy atom. The van der Waals surface area contributed by atoms with E-state index >= 15 is 0 Å². The molecule has 0 radical (unpaired) electrons. The molecule has 0 bridgehead atoms. The number of aromatic nitrogens is 3. The molecule has 2 aromatic heterocycles. The quantitative estimate of drug-likeness (QED) is 0.760. The van der Waals surface area contributed by atoms with Crippen LogP contribution in [0.1, 0.15) is 23.7 Å². The highest BCUT2D eigenvalue weighted by molar-refractivity contribution is 5.80. The maximum Gasteiger partial charge on any atom is 0.311 e. The first-order valence-corrected chi connectivity index (χ1v) is 8.12. The maximum atomic E-state index is 11.5. The van der Waals surface area contributed by atoms with Crippen molar-refractivity contribution in [2.24, 2.45) is 0 Å². The molecule has 3 aromatic rings. The highest BCUT2D eigenvalue weighted by Crippen LogP contribution is 2.36. The lowest BCUT2D eigenvalue weighted by Gasteiger charge is -2.33. The zero-order valence-corrected chi connectivity index (χ0v) is 13.8. The highest BCUT2D eigenvalue weighted by Gasteiger charge is 2.29. The molecule has 3 heterocycles. The lowest BCUT2D eigenvalue weighted by molar-refractivity contribution is -0.139. The van der Waals surface area contributed by atoms with Crippen LogP contribution in [0, 0.1) is 0 Å². The molecule has 1 aliphatic rings. The summed E-state index contributed by atoms with van der Waals surface area (Å²) in [6, 6.07) is 11.4. The topological polar surface area (TPSA) is 91.3 Å². The number of H-pyrrole nitrogens is 1. The number of hydrogen-bond acceptors (Lipinski definition) is 5. The second-order valence-electron chi connectivity index (χ2n) is 6.07. The number of aromatic amines is 1. The summed E-state index contributed by atoms with van der Waals surface area (Å²) >= 11 is 0. The maximum absolute atomic E-state index is 11.5. The normalized spacial score (nSPS) is 16.7. The van der Waals surface area contributed by atoms with E-state index < -0.39 is 11.9 Å². The van der Waals surface area contributed by atoms with Crippen molar-refractivity contribution in [1.29, 1.82) is 0 Å². The number of methoxy groups -OCH3 is 1. The first-order valence-electron chi connectivity index (χ1n) is 8.12. The Morgan fingerprint density at radius 3 is 2.96 bits per heavy atom. The Morgan fingerprint density at radius 2 is 2.16 bits per heavy atom. The average molecular weight is 338 g/mol. The van der Waals surface area contributed by atoms with E-state index in [9.17, 15) is 9.90 Å². The van der Waals surface area contributed by atoms with E-state index in [2.05, 4.69) is 19.9 Å². The van der Waals surface area contributed by atoms with Crippen LogP contribution in [0.25, 0.3) is 11.2 Å². The van der Waals surface area contributed by atoms with Crippen LogP contribution >= 0.6 is 0 Å². The predicted octanol–water partition coefficient (Wildman–Crippen LogP) is 2.55. The molecular weight excluding hydrogens is 320 g/mol. The lowest BCUT2D eigenvalue weighted by atomic mass is 9.90. The third-order valence-electron chi connectivity index (χ3n) is 4.56. The summed E-state index contributed by atoms with van der Waals surface area (Å²) in [7, 11) is 1.57. The van der Waals surface area contributed by atoms with E-state index in [-0.39, 0.29) is 0 Å². The van der Waals surface area contributed by atoms with Gasteiger partial charge in [0.25, 0.3) is 0 Å². The van der Waals surface area contributed by atoms with E-state index in [1.807, 2.05) is 30.3 Å². The molecule has 0 amide bonds. The van der Waals surface area contributed by atoms with Crippen LogP contribution in [-0.2, 0) is 11.3 Å². The van der Waals surface area contributed by atoms with Crippen molar-refractivity contribution in [3.05, 3.63) is 47.8 Å². The molecule has 4 rings (SSSR count). The molecule has 1 atom stereocenters. The summed E-state index contributed by atoms with van der Waals surface area (Å²) in [6.45, 7) is 1.24. The molecule has 1 aromatic carbocycles. The Bertz CT molecular complexity index is 937. The molecule has 25 heavy (non-hydrogen) atoms. The van der Waals surface area contributed by atoms with Gasteiger partial charge in [-0.15, -0.1) is 0 Å². The zero-order valence-electron chi connectivity index (χ0n) is 13.8. The number of fused-ring (bicyclic) bond motifs is 2. The van der Waals surface area contributed by atoms with Crippen LogP contribution in [0.2, 0.25) is 0 Å². The number of ether oxygens (including phenoxy) is 1. The molecule has 0 saturated heterocycles. The van der Waals surface area contributed by atoms with Crippen LogP contribution < -0.4 is 9.64 Å². The number of carboxylic acids is 1. The summed E-state index contributed by atoms with van der Waals surface area (Å²) in [6.07, 6.45) is 0.582. The van der Waals surface area contributed by atoms with Gasteiger partial charge in [0.1, 0.15) is 5.82 Å². The SMILES string of the molecule is COc1ccc2[nH]c(CN3CCC(C(=O)O)c4ccccc43)nc2n1. The summed E-state index contributed by atoms with van der Waals surface area (Å²) in [4.78, 5) is 25.8. The highest BCUT2D eigenvalue weighted by atomic mass is 16.5. The standard InChI is InChI=1S/C18H18N4O3/c1-25-16-7-6-13-17(21-16)20-15(19-13)10-22-9-8-12(18(23)24)11-4-2-3-5-14(11)22/h2-7,12H,8-10H2,1H3,(H,23,24)(H,19,20,21). The largest absolute Gasteiger partial charge is 0.481 e. The number of hydrogen-bond donors (Lipinski definition) is 2. The Kier molecular flexibility index (Phi) is 3.76. The Balaban J connectivity index is 1.64. The molecule has 1 aliphatic heterocycles. The molecular formula is C18H18N4O3. The van der Waals surface area contributed by atoms with Crippen molar-refractivity contribution in [1.82, 2.24) is 15.0 Å². The number of carboxylic acid groups (broad SMARTS) is 1. The number of anilines is 1. The predicted molar refractivity (Wildman–Crippen MR) is 92.9 cm³/mol. The minimum absolute atomic E-state index is 0.450. The summed E-state index contributed by atoms with van der Waals surface area (Å²) in [5, 5.41) is 9.45. The summed E-state index contributed by atoms with van der Waals surface area (Å²) in [5.41, 5.74) is 3.27. The van der Waals surface area contributed by atoms with Crippen molar-refractivity contribution in [3.8, 4) is 5.88 Å². The smallest absolute Gasteiger partial charge is 0.311 e. The minimum atomic E-state index is -0.771. The molecule has 0 aliphatic carbocycles. The van der Waals surface area contributed by atoms with Gasteiger partial charge in [0.2, 0.25) is 5.88 Å². The van der Waals surface area contributed by atoms with Crippen molar-refractivity contribution < 1.29 is 14.6 Å². The van der Waals surface area contributed by atoms with E-state index in [0.29, 0.717) is 31.0 Å². The molecule has 1 unspecified atom stereocenters. The molecule has 128 valence electrons. The fourth-order valence-corrected chi connectivity index (χ4v) is 3.35. The average Bonchev–Trinajstić information content (AvgIpc) is 3.03. The van der Waals surface area contributed by atoms with Crippen LogP contribution in [0.15, 0.2) is 36.4 Å². The molecule has 0 fully saturated rings. The number of nitrogens with one attached hydrogen (secondary N) is 1. The number of nitrogens with zero attached hydrogens (tertiary/aromatic N) is 3. The zero-order chi connectivity index (χ0) is 17.4. The number of rotatable bonds is 4. The first kappa shape index (κ1) is 15.4. The van der Waals surface area contributed by atoms with Gasteiger partial charge in [-0.25, -0.2) is 4.98 Å². The van der Waals surface area contributed by atoms with Crippen LogP contribution in [0.5, 0.6) is 5.88 Å². The fourth-order valence-electron chi connectivity index (χ4n) is 3.35. The second kappa shape index (κ2) is 6.08. The van der Waals surface area contributed by atoms with Crippen molar-refractivity contribution in [3.63, 3.8) is 0 Å². The third kappa shape index (κ3) is 2.77. The van der Waals surface area contributed by atoms with Crippen molar-refractivity contribution >= 4 is 22.8 Å². The molecule has 0 saturated carbocycles. The van der Waals surface area contributed by atoms with E-state index in [1.165, 1.54) is 0 Å². The number of pyridine rings is 1. The van der Waals surface area contributed by atoms with Gasteiger partial charge in [0, 0.05) is 18.3 Å². The summed E-state index contributed by atoms with van der Waals surface area (Å²) < 4.78 is 5.13. The third-order valence-corrected chi connectivity index (χ3v) is 4.56. The van der Waals surface area contributed by atoms with Gasteiger partial charge < -0.3 is 19.7 Å². The second-order valence-corrected chi connectivity index (χ2v) is 6.07. The van der Waals surface area contributed by atoms with Gasteiger partial charge in [0.05, 0.1) is 25.1 Å². The van der Waals surface area contributed by atoms with Gasteiger partial charge in [-0.3, -0.25) is 4.79 Å². The summed E-state index contributed by atoms with van der Waals surface area (Å²) in [5.74, 6) is 0.0960. The number of imidazole rings is 1. The van der Waals surface area contributed by atoms with E-state index in [4.69, 9.17) is 4.74 Å². The Hall–Kier alpha value is -3.09. The van der Waals surface area contributed by atoms with Crippen LogP contribution in [0.4, 0.5) is 5.69 Å². The van der Waals surface area contributed by atoms with Crippen molar-refractivity contribution in [2.45, 2.75) is 18.9 Å². The number of para-hydroxylation sites is 1. The number of aliphatic carboxylic acids is 1. The fraction of sp³-hybridized carbons (Fsp3) is 0.278. The van der Waals surface area contributed by atoms with Crippen molar-refractivity contribution in [2.75, 3.05) is 18.6 Å². The van der Waals surface area contributed by atoms with Gasteiger partial charge in [-0.05, 0) is 24.1 Å². The molecule has 2 N–H and O–H groups in total. The lowest BCUT2D eigenvalue weighted by Crippen LogP contribution is -2.33. The van der Waals surface area contributed by atoms with Gasteiger partial charge in [-0.2, -0.15) is 4.98 Å². The van der Waals surface area contributed by atoms with E-state index in [0.717, 1.165) is 22.6 Å². The van der Waals surface area contributed by atoms with Gasteiger partial charge >= 0.3 is 5.97 Å². The van der Waals surface area contributed by atoms with Crippen LogP contribution in [-0.4, -0.2) is 39.7 Å². The monoisotopic (exact) mass is 338 g/mol. The van der Waals surface area contributed by atoms with Crippen LogP contribution in [0.3, 0.4) is 0 Å². The van der Waals surface area contributed by atoms with Gasteiger partial charge in [0.15, 0.2) is 5.65 Å². The number of carbonyl (C=O) groups is 1. The molecule has 0 spiro atoms. The van der Waals surface area contributed by atoms with Gasteiger partial charge in [-0.1, -0.05) is 18.2 Å². The van der Waals surface area contributed by atoms with E-state index in [1.54, 1.807) is 13.2 Å².